The molecule has 18 heteroatoms. The second-order valence-electron chi connectivity index (χ2n) is 20.2. The minimum atomic E-state index is -0.957. The topological polar surface area (TPSA) is 203 Å². The van der Waals surface area contributed by atoms with Crippen LogP contribution in [0.25, 0.3) is 0 Å². The van der Waals surface area contributed by atoms with Crippen molar-refractivity contribution in [2.24, 2.45) is 22.7 Å². The molecular formula is C55H83N9O9. The summed E-state index contributed by atoms with van der Waals surface area (Å²) in [6.45, 7) is 10.9. The van der Waals surface area contributed by atoms with Crippen LogP contribution >= 0.6 is 0 Å². The number of likely N-dealkylation sites (tertiary alicyclic amines) is 1. The highest BCUT2D eigenvalue weighted by molar-refractivity contribution is 6.12. The van der Waals surface area contributed by atoms with Crippen LogP contribution in [0.15, 0.2) is 71.7 Å². The number of ether oxygens (including phenoxy) is 2. The predicted molar refractivity (Wildman–Crippen MR) is 283 cm³/mol. The number of hydrogen-bond donors (Lipinski definition) is 3. The first-order valence-corrected chi connectivity index (χ1v) is 25.8. The number of guanidine groups is 1. The highest BCUT2D eigenvalue weighted by atomic mass is 16.5. The maximum absolute atomic E-state index is 14.5. The number of nitrogens with zero attached hydrogens (tertiary/aromatic N) is 6. The van der Waals surface area contributed by atoms with Crippen LogP contribution in [0.3, 0.4) is 0 Å². The standard InChI is InChI=1S/C55H83N9O9/c1-13-37(4)50(62(10)54(71)49(36(2)3)59-55(60(6)7)61(8)9)44(72-11)34-48(68)63-32-20-23-43(63)51(73-12)38(5)52(69)58-42(33-39-21-16-14-17-22-39)53(70)57-41-27-25-40(26-28-41)35-56-45(65)24-18-15-19-31-64-46(66)29-30-47(64)67/h14,16-17,21-22,25-30,36-38,42-44,49-51H,13,15,18-20,23-24,31-35H2,1-12H3,(H,56,65)(H,57,70)(H,58,69)/t37-,38+,42?,43?,44+,49?,50-,51+/m0/s1. The van der Waals surface area contributed by atoms with Crippen molar-refractivity contribution in [2.75, 3.05) is 67.9 Å². The lowest BCUT2D eigenvalue weighted by molar-refractivity contribution is -0.146. The highest BCUT2D eigenvalue weighted by Gasteiger charge is 2.43. The zero-order valence-electron chi connectivity index (χ0n) is 45.4. The Hall–Kier alpha value is -6.14. The summed E-state index contributed by atoms with van der Waals surface area (Å²) in [4.78, 5) is 107. The SMILES string of the molecule is CC[C@H](C)[C@@H]([C@@H](CC(=O)N1CCCC1[C@H](OC)[C@@H](C)C(=O)NC(Cc1ccccc1)C(=O)Nc1ccc(CNC(=O)CCCCCN2C(=O)C=CC2=O)cc1)OC)N(C)C(=O)C(N=C(N(C)C)N(C)C)C(C)C. The van der Waals surface area contributed by atoms with E-state index in [1.807, 2.05) is 82.2 Å². The van der Waals surface area contributed by atoms with E-state index in [2.05, 4.69) is 29.8 Å². The van der Waals surface area contributed by atoms with Crippen LogP contribution in [-0.4, -0.2) is 171 Å². The van der Waals surface area contributed by atoms with Crippen molar-refractivity contribution in [3.05, 3.63) is 77.9 Å². The van der Waals surface area contributed by atoms with Crippen LogP contribution in [0, 0.1) is 17.8 Å². The van der Waals surface area contributed by atoms with Crippen LogP contribution < -0.4 is 16.0 Å². The summed E-state index contributed by atoms with van der Waals surface area (Å²) in [6, 6.07) is 14.0. The molecule has 4 rings (SSSR count). The first kappa shape index (κ1) is 59.4. The Labute approximate surface area is 433 Å². The van der Waals surface area contributed by atoms with Gasteiger partial charge in [-0.25, -0.2) is 4.99 Å². The van der Waals surface area contributed by atoms with Gasteiger partial charge in [0.15, 0.2) is 5.96 Å². The summed E-state index contributed by atoms with van der Waals surface area (Å²) >= 11 is 0. The van der Waals surface area contributed by atoms with Crippen molar-refractivity contribution in [3.8, 4) is 0 Å². The van der Waals surface area contributed by atoms with Crippen molar-refractivity contribution in [1.29, 1.82) is 0 Å². The van der Waals surface area contributed by atoms with Gasteiger partial charge in [0.05, 0.1) is 36.6 Å². The number of rotatable bonds is 27. The van der Waals surface area contributed by atoms with Crippen molar-refractivity contribution in [1.82, 2.24) is 35.1 Å². The Bertz CT molecular complexity index is 2190. The number of anilines is 1. The molecule has 0 spiro atoms. The van der Waals surface area contributed by atoms with Gasteiger partial charge >= 0.3 is 0 Å². The number of likely N-dealkylation sites (N-methyl/N-ethyl adjacent to an activating group) is 1. The van der Waals surface area contributed by atoms with Gasteiger partial charge in [-0.1, -0.05) is 89.9 Å². The van der Waals surface area contributed by atoms with Gasteiger partial charge in [0.2, 0.25) is 29.5 Å². The number of carbonyl (C=O) groups excluding carboxylic acids is 7. The summed E-state index contributed by atoms with van der Waals surface area (Å²) in [5.41, 5.74) is 2.19. The minimum absolute atomic E-state index is 0.0104. The third-order valence-electron chi connectivity index (χ3n) is 14.0. The number of methoxy groups -OCH3 is 2. The number of benzene rings is 2. The molecule has 73 heavy (non-hydrogen) atoms. The van der Waals surface area contributed by atoms with Gasteiger partial charge in [-0.15, -0.1) is 0 Å². The Morgan fingerprint density at radius 1 is 0.808 bits per heavy atom. The van der Waals surface area contributed by atoms with E-state index >= 15 is 0 Å². The second-order valence-corrected chi connectivity index (χ2v) is 20.2. The Morgan fingerprint density at radius 3 is 2.03 bits per heavy atom. The monoisotopic (exact) mass is 1010 g/mol. The summed E-state index contributed by atoms with van der Waals surface area (Å²) in [5.74, 6) is -2.07. The van der Waals surface area contributed by atoms with E-state index in [1.54, 1.807) is 55.1 Å². The van der Waals surface area contributed by atoms with Crippen LogP contribution in [0.2, 0.25) is 0 Å². The van der Waals surface area contributed by atoms with E-state index in [1.165, 1.54) is 24.2 Å². The largest absolute Gasteiger partial charge is 0.379 e. The number of carbonyl (C=O) groups is 7. The molecule has 1 fully saturated rings. The van der Waals surface area contributed by atoms with E-state index in [-0.39, 0.29) is 54.2 Å². The molecule has 7 amide bonds. The van der Waals surface area contributed by atoms with Gasteiger partial charge in [-0.2, -0.15) is 0 Å². The lowest BCUT2D eigenvalue weighted by Crippen LogP contribution is -2.55. The molecule has 2 heterocycles. The van der Waals surface area contributed by atoms with Crippen molar-refractivity contribution < 1.29 is 43.0 Å². The normalized spacial score (nSPS) is 17.3. The van der Waals surface area contributed by atoms with Gasteiger partial charge in [0, 0.05) is 99.8 Å². The van der Waals surface area contributed by atoms with Crippen LogP contribution in [0.1, 0.15) is 97.1 Å². The predicted octanol–water partition coefficient (Wildman–Crippen LogP) is 4.88. The van der Waals surface area contributed by atoms with Gasteiger partial charge in [0.25, 0.3) is 11.8 Å². The maximum Gasteiger partial charge on any atom is 0.253 e. The molecule has 8 atom stereocenters. The molecule has 0 saturated carbocycles. The summed E-state index contributed by atoms with van der Waals surface area (Å²) in [7, 11) is 12.5. The Balaban J connectivity index is 1.40. The highest BCUT2D eigenvalue weighted by Crippen LogP contribution is 2.30. The molecule has 0 aliphatic carbocycles. The second kappa shape index (κ2) is 28.9. The fraction of sp³-hybridized carbons (Fsp3) is 0.600. The van der Waals surface area contributed by atoms with Crippen molar-refractivity contribution in [2.45, 2.75) is 135 Å². The Morgan fingerprint density at radius 2 is 1.45 bits per heavy atom. The number of hydrogen-bond acceptors (Lipinski definition) is 10. The zero-order chi connectivity index (χ0) is 53.9. The quantitative estimate of drug-likeness (QED) is 0.0477. The fourth-order valence-electron chi connectivity index (χ4n) is 9.73. The average Bonchev–Trinajstić information content (AvgIpc) is 3.98. The number of aliphatic imine (C=N–C) groups is 1. The van der Waals surface area contributed by atoms with Gasteiger partial charge in [0.1, 0.15) is 12.1 Å². The molecule has 1 saturated heterocycles. The van der Waals surface area contributed by atoms with Crippen molar-refractivity contribution in [3.63, 3.8) is 0 Å². The third-order valence-corrected chi connectivity index (χ3v) is 14.0. The van der Waals surface area contributed by atoms with E-state index in [9.17, 15) is 33.6 Å². The molecule has 0 aromatic heterocycles. The fourth-order valence-corrected chi connectivity index (χ4v) is 9.73. The van der Waals surface area contributed by atoms with E-state index in [4.69, 9.17) is 14.5 Å². The zero-order valence-corrected chi connectivity index (χ0v) is 45.4. The lowest BCUT2D eigenvalue weighted by Gasteiger charge is -2.40. The van der Waals surface area contributed by atoms with Gasteiger partial charge in [-0.3, -0.25) is 38.5 Å². The number of amides is 7. The number of unbranched alkanes of at least 4 members (excludes halogenated alkanes) is 2. The number of imide groups is 1. The molecule has 3 N–H and O–H groups in total. The van der Waals surface area contributed by atoms with Gasteiger partial charge < -0.3 is 45.0 Å². The van der Waals surface area contributed by atoms with Crippen LogP contribution in [-0.2, 0) is 56.0 Å². The molecule has 2 aromatic carbocycles. The number of nitrogens with one attached hydrogen (secondary N) is 3. The molecule has 2 aliphatic rings. The molecule has 18 nitrogen and oxygen atoms in total. The summed E-state index contributed by atoms with van der Waals surface area (Å²) in [6.07, 6.45) is 5.74. The minimum Gasteiger partial charge on any atom is -0.379 e. The smallest absolute Gasteiger partial charge is 0.253 e. The van der Waals surface area contributed by atoms with E-state index < -0.39 is 54.1 Å². The molecule has 0 radical (unpaired) electrons. The maximum atomic E-state index is 14.5. The van der Waals surface area contributed by atoms with Crippen LogP contribution in [0.5, 0.6) is 0 Å². The molecular weight excluding hydrogens is 931 g/mol. The van der Waals surface area contributed by atoms with Crippen LogP contribution in [0.4, 0.5) is 5.69 Å². The first-order valence-electron chi connectivity index (χ1n) is 25.8. The summed E-state index contributed by atoms with van der Waals surface area (Å²) < 4.78 is 12.2. The third kappa shape index (κ3) is 17.0. The lowest BCUT2D eigenvalue weighted by atomic mass is 9.89. The summed E-state index contributed by atoms with van der Waals surface area (Å²) in [5, 5.41) is 8.87. The molecule has 0 bridgehead atoms. The van der Waals surface area contributed by atoms with Gasteiger partial charge in [-0.05, 0) is 60.8 Å². The van der Waals surface area contributed by atoms with E-state index in [0.717, 1.165) is 17.5 Å². The molecule has 2 aromatic rings. The Kier molecular flexibility index (Phi) is 23.6. The van der Waals surface area contributed by atoms with E-state index in [0.29, 0.717) is 69.8 Å². The molecule has 402 valence electrons. The average molecular weight is 1010 g/mol. The molecule has 2 aliphatic heterocycles. The van der Waals surface area contributed by atoms with Crippen molar-refractivity contribution >= 4 is 53.0 Å². The first-order chi connectivity index (χ1) is 34.7. The molecule has 3 unspecified atom stereocenters.